The number of amides is 2. The summed E-state index contributed by atoms with van der Waals surface area (Å²) in [4.78, 5) is 32.7. The van der Waals surface area contributed by atoms with Gasteiger partial charge in [0, 0.05) is 50.1 Å². The SMILES string of the molecule is N[C@@H](CC(=O)NCCNC(=O)C[C@H](N)Cc1cc(F)c(F)cc1F)Cc1cc(F)c(F)cc1F.O=C(O)C(F)(F)F. The summed E-state index contributed by atoms with van der Waals surface area (Å²) in [6.07, 6.45) is -5.92. The minimum atomic E-state index is -5.08. The summed E-state index contributed by atoms with van der Waals surface area (Å²) >= 11 is 0. The zero-order valence-electron chi connectivity index (χ0n) is 20.9. The van der Waals surface area contributed by atoms with Crippen LogP contribution in [0.2, 0.25) is 0 Å². The fourth-order valence-corrected chi connectivity index (χ4v) is 3.17. The summed E-state index contributed by atoms with van der Waals surface area (Å²) < 4.78 is 111. The molecule has 0 aliphatic carbocycles. The van der Waals surface area contributed by atoms with Gasteiger partial charge in [0.25, 0.3) is 0 Å². The van der Waals surface area contributed by atoms with Crippen LogP contribution >= 0.6 is 0 Å². The summed E-state index contributed by atoms with van der Waals surface area (Å²) in [6.45, 7) is 0.0632. The van der Waals surface area contributed by atoms with Crippen molar-refractivity contribution in [3.05, 3.63) is 70.3 Å². The normalized spacial score (nSPS) is 12.6. The summed E-state index contributed by atoms with van der Waals surface area (Å²) in [6, 6.07) is 0.459. The highest BCUT2D eigenvalue weighted by molar-refractivity contribution is 5.77. The highest BCUT2D eigenvalue weighted by atomic mass is 19.4. The topological polar surface area (TPSA) is 148 Å². The number of aliphatic carboxylic acids is 1. The molecule has 17 heteroatoms. The molecule has 2 amide bonds. The first kappa shape index (κ1) is 35.2. The third-order valence-electron chi connectivity index (χ3n) is 5.05. The van der Waals surface area contributed by atoms with E-state index in [-0.39, 0.29) is 49.9 Å². The van der Waals surface area contributed by atoms with E-state index in [0.717, 1.165) is 0 Å². The lowest BCUT2D eigenvalue weighted by Gasteiger charge is -2.14. The maximum atomic E-state index is 13.7. The molecule has 2 aromatic carbocycles. The van der Waals surface area contributed by atoms with Gasteiger partial charge in [-0.25, -0.2) is 31.1 Å². The Kier molecular flexibility index (Phi) is 13.6. The second-order valence-corrected chi connectivity index (χ2v) is 8.55. The lowest BCUT2D eigenvalue weighted by molar-refractivity contribution is -0.192. The first-order valence-electron chi connectivity index (χ1n) is 11.5. The Balaban J connectivity index is 0.00000106. The van der Waals surface area contributed by atoms with E-state index in [0.29, 0.717) is 24.3 Å². The van der Waals surface area contributed by atoms with Crippen LogP contribution in [0.1, 0.15) is 24.0 Å². The van der Waals surface area contributed by atoms with E-state index in [1.54, 1.807) is 0 Å². The molecule has 0 aliphatic rings. The summed E-state index contributed by atoms with van der Waals surface area (Å²) in [5.74, 6) is -10.8. The number of carboxylic acids is 1. The quantitative estimate of drug-likeness (QED) is 0.151. The Morgan fingerprint density at radius 3 is 1.24 bits per heavy atom. The molecule has 7 N–H and O–H groups in total. The van der Waals surface area contributed by atoms with Crippen LogP contribution in [-0.4, -0.2) is 54.2 Å². The first-order chi connectivity index (χ1) is 18.9. The molecule has 2 atom stereocenters. The number of halogens is 9. The Morgan fingerprint density at radius 1 is 0.659 bits per heavy atom. The third kappa shape index (κ3) is 12.9. The monoisotopic (exact) mass is 604 g/mol. The van der Waals surface area contributed by atoms with Gasteiger partial charge in [0.1, 0.15) is 11.6 Å². The molecule has 2 aromatic rings. The fourth-order valence-electron chi connectivity index (χ4n) is 3.17. The van der Waals surface area contributed by atoms with Gasteiger partial charge in [-0.2, -0.15) is 13.2 Å². The van der Waals surface area contributed by atoms with Crippen molar-refractivity contribution in [2.75, 3.05) is 13.1 Å². The molecule has 0 aromatic heterocycles. The van der Waals surface area contributed by atoms with Crippen LogP contribution in [0.5, 0.6) is 0 Å². The summed E-state index contributed by atoms with van der Waals surface area (Å²) in [7, 11) is 0. The molecule has 0 unspecified atom stereocenters. The lowest BCUT2D eigenvalue weighted by atomic mass is 10.0. The number of rotatable bonds is 11. The van der Waals surface area contributed by atoms with Gasteiger partial charge in [-0.05, 0) is 36.1 Å². The predicted molar refractivity (Wildman–Crippen MR) is 125 cm³/mol. The molecule has 0 spiro atoms. The second kappa shape index (κ2) is 15.8. The van der Waals surface area contributed by atoms with Gasteiger partial charge in [0.05, 0.1) is 0 Å². The average molecular weight is 604 g/mol. The number of hydrogen-bond donors (Lipinski definition) is 5. The molecule has 2 rings (SSSR count). The van der Waals surface area contributed by atoms with Crippen LogP contribution in [0.15, 0.2) is 24.3 Å². The highest BCUT2D eigenvalue weighted by Gasteiger charge is 2.38. The minimum absolute atomic E-state index is 0.0316. The Labute approximate surface area is 226 Å². The molecule has 0 aliphatic heterocycles. The van der Waals surface area contributed by atoms with Gasteiger partial charge in [-0.3, -0.25) is 9.59 Å². The van der Waals surface area contributed by atoms with Crippen LogP contribution < -0.4 is 22.1 Å². The van der Waals surface area contributed by atoms with Crippen molar-refractivity contribution in [1.29, 1.82) is 0 Å². The number of nitrogens with two attached hydrogens (primary N) is 2. The number of benzene rings is 2. The maximum absolute atomic E-state index is 13.7. The van der Waals surface area contributed by atoms with Crippen LogP contribution in [0.4, 0.5) is 39.5 Å². The van der Waals surface area contributed by atoms with Crippen molar-refractivity contribution in [3.8, 4) is 0 Å². The third-order valence-corrected chi connectivity index (χ3v) is 5.05. The van der Waals surface area contributed by atoms with E-state index in [2.05, 4.69) is 10.6 Å². The molecule has 228 valence electrons. The zero-order chi connectivity index (χ0) is 31.5. The Morgan fingerprint density at radius 2 is 0.951 bits per heavy atom. The van der Waals surface area contributed by atoms with Crippen molar-refractivity contribution < 1.29 is 59.0 Å². The van der Waals surface area contributed by atoms with Gasteiger partial charge in [0.15, 0.2) is 23.3 Å². The molecular weight excluding hydrogens is 579 g/mol. The molecule has 0 saturated heterocycles. The molecule has 0 bridgehead atoms. The van der Waals surface area contributed by atoms with E-state index in [4.69, 9.17) is 21.4 Å². The first-order valence-corrected chi connectivity index (χ1v) is 11.5. The van der Waals surface area contributed by atoms with Crippen molar-refractivity contribution in [1.82, 2.24) is 10.6 Å². The van der Waals surface area contributed by atoms with Crippen LogP contribution in [0.25, 0.3) is 0 Å². The number of carbonyl (C=O) groups is 3. The minimum Gasteiger partial charge on any atom is -0.475 e. The van der Waals surface area contributed by atoms with Crippen LogP contribution in [0, 0.1) is 34.9 Å². The molecule has 0 fully saturated rings. The molecular formula is C24H25F9N4O4. The Hall–Kier alpha value is -3.86. The van der Waals surface area contributed by atoms with Gasteiger partial charge in [-0.1, -0.05) is 0 Å². The number of carboxylic acid groups (broad SMARTS) is 1. The van der Waals surface area contributed by atoms with Gasteiger partial charge >= 0.3 is 12.1 Å². The summed E-state index contributed by atoms with van der Waals surface area (Å²) in [5, 5.41) is 12.1. The van der Waals surface area contributed by atoms with Crippen molar-refractivity contribution in [3.63, 3.8) is 0 Å². The van der Waals surface area contributed by atoms with E-state index >= 15 is 0 Å². The predicted octanol–water partition coefficient (Wildman–Crippen LogP) is 2.61. The van der Waals surface area contributed by atoms with E-state index < -0.39 is 70.9 Å². The largest absolute Gasteiger partial charge is 0.490 e. The molecule has 0 radical (unpaired) electrons. The van der Waals surface area contributed by atoms with Gasteiger partial charge < -0.3 is 27.2 Å². The fraction of sp³-hybridized carbons (Fsp3) is 0.375. The highest BCUT2D eigenvalue weighted by Crippen LogP contribution is 2.17. The average Bonchev–Trinajstić information content (AvgIpc) is 2.83. The zero-order valence-corrected chi connectivity index (χ0v) is 20.9. The number of hydrogen-bond acceptors (Lipinski definition) is 5. The number of carbonyl (C=O) groups excluding carboxylic acids is 2. The molecule has 41 heavy (non-hydrogen) atoms. The van der Waals surface area contributed by atoms with E-state index in [1.165, 1.54) is 0 Å². The van der Waals surface area contributed by atoms with E-state index in [1.807, 2.05) is 0 Å². The number of nitrogens with one attached hydrogen (secondary N) is 2. The maximum Gasteiger partial charge on any atom is 0.490 e. The van der Waals surface area contributed by atoms with Gasteiger partial charge in [-0.15, -0.1) is 0 Å². The van der Waals surface area contributed by atoms with Crippen LogP contribution in [-0.2, 0) is 27.2 Å². The molecule has 0 saturated carbocycles. The van der Waals surface area contributed by atoms with Crippen molar-refractivity contribution >= 4 is 17.8 Å². The van der Waals surface area contributed by atoms with E-state index in [9.17, 15) is 49.1 Å². The smallest absolute Gasteiger partial charge is 0.475 e. The summed E-state index contributed by atoms with van der Waals surface area (Å²) in [5.41, 5.74) is 11.2. The number of alkyl halides is 3. The second-order valence-electron chi connectivity index (χ2n) is 8.55. The lowest BCUT2D eigenvalue weighted by Crippen LogP contribution is -2.39. The standard InChI is InChI=1S/C22H24F6N4O2.C2HF3O2/c23-15-9-19(27)17(25)5-11(15)3-13(29)7-21(33)31-1-2-32-22(34)8-14(30)4-12-6-18(26)20(28)10-16(12)24;3-2(4,5)1(6)7/h5-6,9-10,13-14H,1-4,7-8,29-30H2,(H,31,33)(H,32,34);(H,6,7)/t13-,14-;/m1./s1. The van der Waals surface area contributed by atoms with Crippen LogP contribution in [0.3, 0.4) is 0 Å². The Bertz CT molecular complexity index is 1150. The van der Waals surface area contributed by atoms with Crippen molar-refractivity contribution in [2.45, 2.75) is 43.9 Å². The molecule has 8 nitrogen and oxygen atoms in total. The van der Waals surface area contributed by atoms with Crippen molar-refractivity contribution in [2.24, 2.45) is 11.5 Å². The molecule has 0 heterocycles. The van der Waals surface area contributed by atoms with Gasteiger partial charge in [0.2, 0.25) is 11.8 Å².